The first-order chi connectivity index (χ1) is 13.5. The molecular weight excluding hydrogens is 376 g/mol. The molecule has 0 radical (unpaired) electrons. The van der Waals surface area contributed by atoms with E-state index in [0.717, 1.165) is 23.5 Å². The van der Waals surface area contributed by atoms with Crippen LogP contribution in [0.4, 0.5) is 5.69 Å². The normalized spacial score (nSPS) is 13.1. The van der Waals surface area contributed by atoms with Crippen LogP contribution in [-0.2, 0) is 0 Å². The monoisotopic (exact) mass is 396 g/mol. The SMILES string of the molecule is Cc1ccc(C)n1-c1ccc(C(=O)Nc2cc3c(cc2Cl)OCCCO3)cc1. The molecule has 0 fully saturated rings. The van der Waals surface area contributed by atoms with Gasteiger partial charge in [0.2, 0.25) is 0 Å². The Kier molecular flexibility index (Phi) is 5.01. The van der Waals surface area contributed by atoms with Crippen LogP contribution in [0.25, 0.3) is 5.69 Å². The molecule has 1 aliphatic rings. The Morgan fingerprint density at radius 1 is 0.964 bits per heavy atom. The van der Waals surface area contributed by atoms with Crippen molar-refractivity contribution in [3.8, 4) is 17.2 Å². The van der Waals surface area contributed by atoms with Crippen molar-refractivity contribution in [1.29, 1.82) is 0 Å². The van der Waals surface area contributed by atoms with Gasteiger partial charge in [-0.3, -0.25) is 4.79 Å². The van der Waals surface area contributed by atoms with E-state index >= 15 is 0 Å². The molecule has 3 aromatic rings. The van der Waals surface area contributed by atoms with E-state index in [1.807, 2.05) is 12.1 Å². The number of aryl methyl sites for hydroxylation is 2. The summed E-state index contributed by atoms with van der Waals surface area (Å²) in [7, 11) is 0. The summed E-state index contributed by atoms with van der Waals surface area (Å²) in [6.07, 6.45) is 0.806. The van der Waals surface area contributed by atoms with Gasteiger partial charge < -0.3 is 19.4 Å². The van der Waals surface area contributed by atoms with E-state index in [1.54, 1.807) is 24.3 Å². The molecule has 0 aliphatic carbocycles. The van der Waals surface area contributed by atoms with Crippen molar-refractivity contribution >= 4 is 23.2 Å². The molecule has 0 saturated carbocycles. The van der Waals surface area contributed by atoms with Crippen molar-refractivity contribution < 1.29 is 14.3 Å². The lowest BCUT2D eigenvalue weighted by atomic mass is 10.1. The van der Waals surface area contributed by atoms with E-state index in [0.29, 0.717) is 41.0 Å². The number of carbonyl (C=O) groups is 1. The molecule has 144 valence electrons. The highest BCUT2D eigenvalue weighted by atomic mass is 35.5. The molecule has 1 amide bonds. The van der Waals surface area contributed by atoms with Gasteiger partial charge in [0.05, 0.1) is 23.9 Å². The fourth-order valence-corrected chi connectivity index (χ4v) is 3.51. The van der Waals surface area contributed by atoms with Crippen molar-refractivity contribution in [3.63, 3.8) is 0 Å². The summed E-state index contributed by atoms with van der Waals surface area (Å²) in [6, 6.07) is 15.0. The minimum absolute atomic E-state index is 0.233. The van der Waals surface area contributed by atoms with E-state index in [2.05, 4.69) is 35.9 Å². The molecule has 0 spiro atoms. The molecule has 0 unspecified atom stereocenters. The molecule has 4 rings (SSSR count). The minimum atomic E-state index is -0.233. The second-order valence-corrected chi connectivity index (χ2v) is 7.19. The Hall–Kier alpha value is -2.92. The van der Waals surface area contributed by atoms with Crippen LogP contribution in [-0.4, -0.2) is 23.7 Å². The summed E-state index contributed by atoms with van der Waals surface area (Å²) in [4.78, 5) is 12.7. The summed E-state index contributed by atoms with van der Waals surface area (Å²) in [5.74, 6) is 0.956. The average Bonchev–Trinajstić information content (AvgIpc) is 2.88. The summed E-state index contributed by atoms with van der Waals surface area (Å²) < 4.78 is 13.4. The second-order valence-electron chi connectivity index (χ2n) is 6.78. The van der Waals surface area contributed by atoms with Crippen LogP contribution < -0.4 is 14.8 Å². The number of aromatic nitrogens is 1. The maximum atomic E-state index is 12.7. The van der Waals surface area contributed by atoms with Crippen LogP contribution in [0.2, 0.25) is 5.02 Å². The van der Waals surface area contributed by atoms with Crippen LogP contribution in [0.3, 0.4) is 0 Å². The van der Waals surface area contributed by atoms with Crippen molar-refractivity contribution in [2.24, 2.45) is 0 Å². The summed E-state index contributed by atoms with van der Waals surface area (Å²) in [5, 5.41) is 3.27. The number of halogens is 1. The standard InChI is InChI=1S/C22H21ClN2O3/c1-14-4-5-15(2)25(14)17-8-6-16(7-9-17)22(26)24-19-13-21-20(12-18(19)23)27-10-3-11-28-21/h4-9,12-13H,3,10-11H2,1-2H3,(H,24,26). The fourth-order valence-electron chi connectivity index (χ4n) is 3.31. The maximum absolute atomic E-state index is 12.7. The molecule has 2 aromatic carbocycles. The molecule has 1 aliphatic heterocycles. The first-order valence-corrected chi connectivity index (χ1v) is 9.56. The van der Waals surface area contributed by atoms with Crippen LogP contribution >= 0.6 is 11.6 Å². The van der Waals surface area contributed by atoms with Crippen LogP contribution in [0.5, 0.6) is 11.5 Å². The molecule has 1 N–H and O–H groups in total. The van der Waals surface area contributed by atoms with Gasteiger partial charge in [0.1, 0.15) is 0 Å². The van der Waals surface area contributed by atoms with Gasteiger partial charge in [-0.15, -0.1) is 0 Å². The number of fused-ring (bicyclic) bond motifs is 1. The van der Waals surface area contributed by atoms with Crippen LogP contribution in [0.1, 0.15) is 28.2 Å². The van der Waals surface area contributed by atoms with Crippen molar-refractivity contribution in [2.75, 3.05) is 18.5 Å². The second kappa shape index (κ2) is 7.60. The zero-order valence-electron chi connectivity index (χ0n) is 15.8. The lowest BCUT2D eigenvalue weighted by molar-refractivity contribution is 0.102. The number of amides is 1. The molecule has 0 saturated heterocycles. The Bertz CT molecular complexity index is 1010. The van der Waals surface area contributed by atoms with E-state index in [9.17, 15) is 4.79 Å². The molecule has 28 heavy (non-hydrogen) atoms. The van der Waals surface area contributed by atoms with Crippen LogP contribution in [0.15, 0.2) is 48.5 Å². The third kappa shape index (κ3) is 3.58. The van der Waals surface area contributed by atoms with E-state index in [-0.39, 0.29) is 5.91 Å². The molecule has 5 nitrogen and oxygen atoms in total. The molecule has 6 heteroatoms. The van der Waals surface area contributed by atoms with Gasteiger partial charge in [-0.2, -0.15) is 0 Å². The fraction of sp³-hybridized carbons (Fsp3) is 0.227. The van der Waals surface area contributed by atoms with Gasteiger partial charge in [0, 0.05) is 41.2 Å². The van der Waals surface area contributed by atoms with Gasteiger partial charge in [0.15, 0.2) is 11.5 Å². The van der Waals surface area contributed by atoms with Gasteiger partial charge >= 0.3 is 0 Å². The first kappa shape index (κ1) is 18.4. The number of hydrogen-bond donors (Lipinski definition) is 1. The van der Waals surface area contributed by atoms with E-state index in [1.165, 1.54) is 0 Å². The Labute approximate surface area is 168 Å². The molecule has 1 aromatic heterocycles. The molecular formula is C22H21ClN2O3. The largest absolute Gasteiger partial charge is 0.490 e. The topological polar surface area (TPSA) is 52.5 Å². The van der Waals surface area contributed by atoms with Crippen molar-refractivity contribution in [2.45, 2.75) is 20.3 Å². The van der Waals surface area contributed by atoms with Gasteiger partial charge in [-0.1, -0.05) is 11.6 Å². The van der Waals surface area contributed by atoms with E-state index in [4.69, 9.17) is 21.1 Å². The smallest absolute Gasteiger partial charge is 0.255 e. The highest BCUT2D eigenvalue weighted by molar-refractivity contribution is 6.34. The van der Waals surface area contributed by atoms with Gasteiger partial charge in [-0.05, 0) is 50.2 Å². The van der Waals surface area contributed by atoms with Crippen molar-refractivity contribution in [1.82, 2.24) is 4.57 Å². The Balaban J connectivity index is 1.55. The Morgan fingerprint density at radius 3 is 2.21 bits per heavy atom. The zero-order valence-corrected chi connectivity index (χ0v) is 16.5. The lowest BCUT2D eigenvalue weighted by Crippen LogP contribution is -2.12. The number of carbonyl (C=O) groups excluding carboxylic acids is 1. The third-order valence-corrected chi connectivity index (χ3v) is 5.06. The number of rotatable bonds is 3. The molecule has 2 heterocycles. The lowest BCUT2D eigenvalue weighted by Gasteiger charge is -2.13. The number of nitrogens with zero attached hydrogens (tertiary/aromatic N) is 1. The Morgan fingerprint density at radius 2 is 1.57 bits per heavy atom. The zero-order chi connectivity index (χ0) is 19.7. The summed E-state index contributed by atoms with van der Waals surface area (Å²) in [6.45, 7) is 5.27. The first-order valence-electron chi connectivity index (χ1n) is 9.19. The summed E-state index contributed by atoms with van der Waals surface area (Å²) in [5.41, 5.74) is 4.36. The quantitative estimate of drug-likeness (QED) is 0.665. The number of anilines is 1. The van der Waals surface area contributed by atoms with Crippen molar-refractivity contribution in [3.05, 3.63) is 70.5 Å². The maximum Gasteiger partial charge on any atom is 0.255 e. The number of ether oxygens (including phenoxy) is 2. The number of benzene rings is 2. The molecule has 0 atom stereocenters. The highest BCUT2D eigenvalue weighted by Gasteiger charge is 2.16. The predicted molar refractivity (Wildman–Crippen MR) is 110 cm³/mol. The molecule has 0 bridgehead atoms. The van der Waals surface area contributed by atoms with Gasteiger partial charge in [-0.25, -0.2) is 0 Å². The van der Waals surface area contributed by atoms with E-state index < -0.39 is 0 Å². The highest BCUT2D eigenvalue weighted by Crippen LogP contribution is 2.37. The predicted octanol–water partition coefficient (Wildman–Crippen LogP) is 5.16. The average molecular weight is 397 g/mol. The third-order valence-electron chi connectivity index (χ3n) is 4.74. The number of nitrogens with one attached hydrogen (secondary N) is 1. The van der Waals surface area contributed by atoms with Gasteiger partial charge in [0.25, 0.3) is 5.91 Å². The van der Waals surface area contributed by atoms with Crippen LogP contribution in [0, 0.1) is 13.8 Å². The minimum Gasteiger partial charge on any atom is -0.490 e. The summed E-state index contributed by atoms with van der Waals surface area (Å²) >= 11 is 6.32. The number of hydrogen-bond acceptors (Lipinski definition) is 3.